The lowest BCUT2D eigenvalue weighted by atomic mass is 10.3. The molecule has 0 spiro atoms. The standard InChI is InChI=1S/C9H14N/c1-10(2,3)8-9-6-4-5-7-9/h4-8H,1-3H3/q+1. The summed E-state index contributed by atoms with van der Waals surface area (Å²) in [6.07, 6.45) is 10.6. The molecule has 0 fully saturated rings. The Morgan fingerprint density at radius 3 is 2.00 bits per heavy atom. The van der Waals surface area contributed by atoms with Crippen LogP contribution in [0, 0.1) is 0 Å². The number of hydrogen-bond donors (Lipinski definition) is 0. The molecule has 0 saturated heterocycles. The van der Waals surface area contributed by atoms with Gasteiger partial charge in [-0.2, -0.15) is 0 Å². The van der Waals surface area contributed by atoms with E-state index < -0.39 is 0 Å². The van der Waals surface area contributed by atoms with Gasteiger partial charge in [-0.25, -0.2) is 0 Å². The van der Waals surface area contributed by atoms with E-state index in [1.54, 1.807) is 0 Å². The molecule has 0 saturated carbocycles. The molecule has 54 valence electrons. The van der Waals surface area contributed by atoms with E-state index in [0.29, 0.717) is 0 Å². The summed E-state index contributed by atoms with van der Waals surface area (Å²) >= 11 is 0. The lowest BCUT2D eigenvalue weighted by Gasteiger charge is -2.18. The molecule has 0 aliphatic heterocycles. The molecule has 0 aromatic carbocycles. The van der Waals surface area contributed by atoms with Gasteiger partial charge >= 0.3 is 0 Å². The molecule has 0 amide bonds. The second-order valence-corrected chi connectivity index (χ2v) is 3.46. The molecule has 0 radical (unpaired) electrons. The van der Waals surface area contributed by atoms with Gasteiger partial charge in [0.15, 0.2) is 0 Å². The minimum absolute atomic E-state index is 0.879. The van der Waals surface area contributed by atoms with E-state index in [4.69, 9.17) is 0 Å². The summed E-state index contributed by atoms with van der Waals surface area (Å²) in [6.45, 7) is 0. The minimum atomic E-state index is 0.879. The molecule has 1 nitrogen and oxygen atoms in total. The first-order chi connectivity index (χ1) is 4.58. The second-order valence-electron chi connectivity index (χ2n) is 3.46. The molecule has 1 aliphatic carbocycles. The zero-order valence-corrected chi connectivity index (χ0v) is 6.83. The van der Waals surface area contributed by atoms with Crippen LogP contribution in [-0.2, 0) is 0 Å². The van der Waals surface area contributed by atoms with Gasteiger partial charge in [-0.15, -0.1) is 0 Å². The molecule has 0 bridgehead atoms. The highest BCUT2D eigenvalue weighted by Crippen LogP contribution is 2.09. The van der Waals surface area contributed by atoms with Crippen LogP contribution in [0.1, 0.15) is 0 Å². The molecule has 1 rings (SSSR count). The molecule has 0 aromatic heterocycles. The van der Waals surface area contributed by atoms with Crippen LogP contribution in [-0.4, -0.2) is 25.6 Å². The first-order valence-electron chi connectivity index (χ1n) is 3.47. The molecule has 10 heavy (non-hydrogen) atoms. The van der Waals surface area contributed by atoms with E-state index in [1.807, 2.05) is 0 Å². The summed E-state index contributed by atoms with van der Waals surface area (Å²) in [6, 6.07) is 0. The van der Waals surface area contributed by atoms with Crippen LogP contribution in [0.4, 0.5) is 0 Å². The van der Waals surface area contributed by atoms with Crippen LogP contribution in [0.2, 0.25) is 0 Å². The Balaban J connectivity index is 2.73. The fourth-order valence-corrected chi connectivity index (χ4v) is 0.922. The fraction of sp³-hybridized carbons (Fsp3) is 0.333. The number of rotatable bonds is 1. The van der Waals surface area contributed by atoms with Crippen LogP contribution in [0.15, 0.2) is 36.1 Å². The molecule has 1 aliphatic rings. The molecule has 0 unspecified atom stereocenters. The van der Waals surface area contributed by atoms with Gasteiger partial charge in [-0.3, -0.25) is 0 Å². The van der Waals surface area contributed by atoms with Gasteiger partial charge < -0.3 is 4.48 Å². The molecule has 0 N–H and O–H groups in total. The van der Waals surface area contributed by atoms with Crippen molar-refractivity contribution < 1.29 is 4.48 Å². The summed E-state index contributed by atoms with van der Waals surface area (Å²) in [7, 11) is 6.44. The van der Waals surface area contributed by atoms with Crippen molar-refractivity contribution in [3.05, 3.63) is 36.1 Å². The van der Waals surface area contributed by atoms with Crippen molar-refractivity contribution in [2.24, 2.45) is 0 Å². The van der Waals surface area contributed by atoms with Gasteiger partial charge in [0.1, 0.15) is 6.20 Å². The predicted molar refractivity (Wildman–Crippen MR) is 44.4 cm³/mol. The predicted octanol–water partition coefficient (Wildman–Crippen LogP) is 1.70. The SMILES string of the molecule is C[N+](C)(C)C=C1C=CC=C1. The Morgan fingerprint density at radius 2 is 1.60 bits per heavy atom. The summed E-state index contributed by atoms with van der Waals surface area (Å²) in [4.78, 5) is 0. The Labute approximate surface area is 62.6 Å². The number of quaternary nitrogens is 1. The van der Waals surface area contributed by atoms with Crippen molar-refractivity contribution in [1.29, 1.82) is 0 Å². The topological polar surface area (TPSA) is 0 Å². The lowest BCUT2D eigenvalue weighted by Crippen LogP contribution is -2.27. The van der Waals surface area contributed by atoms with Crippen LogP contribution in [0.5, 0.6) is 0 Å². The lowest BCUT2D eigenvalue weighted by molar-refractivity contribution is -0.817. The maximum absolute atomic E-state index is 2.21. The van der Waals surface area contributed by atoms with Gasteiger partial charge in [-0.05, 0) is 12.2 Å². The zero-order chi connectivity index (χ0) is 7.61. The maximum Gasteiger partial charge on any atom is 0.102 e. The van der Waals surface area contributed by atoms with Crippen molar-refractivity contribution in [2.45, 2.75) is 0 Å². The summed E-state index contributed by atoms with van der Waals surface area (Å²) in [5.41, 5.74) is 1.30. The second kappa shape index (κ2) is 2.43. The number of allylic oxidation sites excluding steroid dienone is 5. The Bertz CT molecular complexity index is 187. The monoisotopic (exact) mass is 136 g/mol. The first kappa shape index (κ1) is 7.29. The van der Waals surface area contributed by atoms with Gasteiger partial charge in [0.05, 0.1) is 21.1 Å². The highest BCUT2D eigenvalue weighted by Gasteiger charge is 2.03. The quantitative estimate of drug-likeness (QED) is 0.481. The first-order valence-corrected chi connectivity index (χ1v) is 3.47. The van der Waals surface area contributed by atoms with Crippen LogP contribution < -0.4 is 0 Å². The third-order valence-electron chi connectivity index (χ3n) is 1.22. The Morgan fingerprint density at radius 1 is 1.10 bits per heavy atom. The molecule has 0 heterocycles. The summed E-state index contributed by atoms with van der Waals surface area (Å²) in [5.74, 6) is 0. The van der Waals surface area contributed by atoms with E-state index in [2.05, 4.69) is 51.6 Å². The third kappa shape index (κ3) is 2.19. The van der Waals surface area contributed by atoms with Gasteiger partial charge in [0, 0.05) is 5.57 Å². The highest BCUT2D eigenvalue weighted by atomic mass is 15.3. The van der Waals surface area contributed by atoms with Crippen LogP contribution in [0.25, 0.3) is 0 Å². The third-order valence-corrected chi connectivity index (χ3v) is 1.22. The van der Waals surface area contributed by atoms with E-state index in [9.17, 15) is 0 Å². The average molecular weight is 136 g/mol. The largest absolute Gasteiger partial charge is 0.304 e. The van der Waals surface area contributed by atoms with Crippen molar-refractivity contribution >= 4 is 0 Å². The molecule has 0 atom stereocenters. The molecule has 0 aromatic rings. The average Bonchev–Trinajstić information content (AvgIpc) is 2.12. The summed E-state index contributed by atoms with van der Waals surface area (Å²) < 4.78 is 0.879. The van der Waals surface area contributed by atoms with E-state index in [1.165, 1.54) is 5.57 Å². The smallest absolute Gasteiger partial charge is 0.102 e. The van der Waals surface area contributed by atoms with Crippen molar-refractivity contribution in [3.63, 3.8) is 0 Å². The highest BCUT2D eigenvalue weighted by molar-refractivity contribution is 5.38. The minimum Gasteiger partial charge on any atom is -0.304 e. The number of nitrogens with zero attached hydrogens (tertiary/aromatic N) is 1. The molecule has 1 heteroatoms. The normalized spacial score (nSPS) is 16.5. The van der Waals surface area contributed by atoms with Crippen LogP contribution >= 0.6 is 0 Å². The number of hydrogen-bond acceptors (Lipinski definition) is 0. The van der Waals surface area contributed by atoms with Crippen LogP contribution in [0.3, 0.4) is 0 Å². The summed E-state index contributed by atoms with van der Waals surface area (Å²) in [5, 5.41) is 0. The Kier molecular flexibility index (Phi) is 1.77. The molecular formula is C9H14N+. The maximum atomic E-state index is 2.21. The van der Waals surface area contributed by atoms with Crippen molar-refractivity contribution in [2.75, 3.05) is 21.1 Å². The van der Waals surface area contributed by atoms with Crippen molar-refractivity contribution in [3.8, 4) is 0 Å². The van der Waals surface area contributed by atoms with Gasteiger partial charge in [0.25, 0.3) is 0 Å². The Hall–Kier alpha value is -0.820. The fourth-order valence-electron chi connectivity index (χ4n) is 0.922. The van der Waals surface area contributed by atoms with Crippen molar-refractivity contribution in [1.82, 2.24) is 0 Å². The molecular weight excluding hydrogens is 122 g/mol. The van der Waals surface area contributed by atoms with E-state index in [-0.39, 0.29) is 0 Å². The van der Waals surface area contributed by atoms with E-state index >= 15 is 0 Å². The zero-order valence-electron chi connectivity index (χ0n) is 6.83. The van der Waals surface area contributed by atoms with Gasteiger partial charge in [-0.1, -0.05) is 12.2 Å². The van der Waals surface area contributed by atoms with E-state index in [0.717, 1.165) is 4.48 Å². The van der Waals surface area contributed by atoms with Gasteiger partial charge in [0.2, 0.25) is 0 Å².